The van der Waals surface area contributed by atoms with Crippen LogP contribution in [0.25, 0.3) is 0 Å². The molecule has 0 unspecified atom stereocenters. The Morgan fingerprint density at radius 2 is 1.94 bits per heavy atom. The van der Waals surface area contributed by atoms with Gasteiger partial charge in [-0.2, -0.15) is 0 Å². The summed E-state index contributed by atoms with van der Waals surface area (Å²) in [6.07, 6.45) is 1.78. The average Bonchev–Trinajstić information content (AvgIpc) is 2.77. The first-order chi connectivity index (χ1) is 8.39. The van der Waals surface area contributed by atoms with E-state index < -0.39 is 12.4 Å². The Morgan fingerprint density at radius 1 is 1.22 bits per heavy atom. The molecule has 0 saturated heterocycles. The quantitative estimate of drug-likeness (QED) is 0.511. The van der Waals surface area contributed by atoms with Crippen LogP contribution in [0.1, 0.15) is 40.0 Å². The van der Waals surface area contributed by atoms with Crippen molar-refractivity contribution in [2.45, 2.75) is 52.4 Å². The Labute approximate surface area is 109 Å². The number of hydrogen-bond donors (Lipinski definition) is 2. The lowest BCUT2D eigenvalue weighted by Gasteiger charge is -2.21. The van der Waals surface area contributed by atoms with Crippen LogP contribution in [0, 0.1) is 23.2 Å². The summed E-state index contributed by atoms with van der Waals surface area (Å²) in [7, 11) is 0. The van der Waals surface area contributed by atoms with Crippen LogP contribution in [0.15, 0.2) is 11.1 Å². The zero-order valence-corrected chi connectivity index (χ0v) is 11.4. The maximum atomic E-state index is 10.6. The number of fused-ring (bicyclic) bond motifs is 1. The van der Waals surface area contributed by atoms with Gasteiger partial charge in [-0.05, 0) is 23.8 Å². The Bertz CT molecular complexity index is 385. The van der Waals surface area contributed by atoms with Crippen molar-refractivity contribution in [1.82, 2.24) is 0 Å². The topological polar surface area (TPSA) is 49.7 Å². The minimum absolute atomic E-state index is 0.307. The Hall–Kier alpha value is -0.510. The van der Waals surface area contributed by atoms with Gasteiger partial charge < -0.3 is 14.9 Å². The molecular formula is C15H23O3+. The van der Waals surface area contributed by atoms with Crippen molar-refractivity contribution in [2.75, 3.05) is 6.61 Å². The number of aliphatic hydroxyl groups is 2. The van der Waals surface area contributed by atoms with Crippen LogP contribution < -0.4 is 0 Å². The van der Waals surface area contributed by atoms with E-state index >= 15 is 0 Å². The van der Waals surface area contributed by atoms with Crippen molar-refractivity contribution in [3.8, 4) is 0 Å². The van der Waals surface area contributed by atoms with Crippen molar-refractivity contribution < 1.29 is 14.9 Å². The molecule has 3 rings (SSSR count). The highest BCUT2D eigenvalue weighted by molar-refractivity contribution is 5.32. The summed E-state index contributed by atoms with van der Waals surface area (Å²) >= 11 is 0. The summed E-state index contributed by atoms with van der Waals surface area (Å²) in [5, 5.41) is 20.5. The molecule has 3 nitrogen and oxygen atoms in total. The maximum Gasteiger partial charge on any atom is 0.182 e. The van der Waals surface area contributed by atoms with Gasteiger partial charge in [0.1, 0.15) is 12.3 Å². The molecule has 0 amide bonds. The van der Waals surface area contributed by atoms with Gasteiger partial charge in [-0.3, -0.25) is 0 Å². The highest BCUT2D eigenvalue weighted by Gasteiger charge is 2.54. The summed E-state index contributed by atoms with van der Waals surface area (Å²) < 4.78 is 5.28. The van der Waals surface area contributed by atoms with Gasteiger partial charge in [0.05, 0.1) is 25.6 Å². The van der Waals surface area contributed by atoms with E-state index in [0.717, 1.165) is 30.4 Å². The minimum Gasteiger partial charge on any atom is -0.388 e. The zero-order chi connectivity index (χ0) is 13.1. The smallest absolute Gasteiger partial charge is 0.182 e. The maximum absolute atomic E-state index is 10.6. The number of aliphatic hydroxyl groups excluding tert-OH is 2. The third-order valence-electron chi connectivity index (χ3n) is 5.05. The summed E-state index contributed by atoms with van der Waals surface area (Å²) in [4.78, 5) is 0. The zero-order valence-electron chi connectivity index (χ0n) is 11.4. The molecule has 3 heteroatoms. The van der Waals surface area contributed by atoms with Gasteiger partial charge in [0.15, 0.2) is 6.29 Å². The standard InChI is InChI=1S/C15H23O3/c1-8-4-9-12(7-18-14(9)17)13(16)11-6-15(2,3)5-10(8)11/h10-11,13-14,16-17H,4-7H2,1-3H3/q+1/t10-,11-,13+,14+/m1/s1. The van der Waals surface area contributed by atoms with Gasteiger partial charge in [-0.1, -0.05) is 13.8 Å². The monoisotopic (exact) mass is 251 g/mol. The van der Waals surface area contributed by atoms with Crippen LogP contribution in [-0.4, -0.2) is 29.2 Å². The van der Waals surface area contributed by atoms with E-state index in [9.17, 15) is 10.2 Å². The molecule has 0 bridgehead atoms. The first-order valence-corrected chi connectivity index (χ1v) is 6.91. The summed E-state index contributed by atoms with van der Waals surface area (Å²) in [6.45, 7) is 7.15. The van der Waals surface area contributed by atoms with Gasteiger partial charge >= 0.3 is 0 Å². The second-order valence-corrected chi connectivity index (χ2v) is 7.02. The van der Waals surface area contributed by atoms with E-state index in [1.807, 2.05) is 0 Å². The predicted octanol–water partition coefficient (Wildman–Crippen LogP) is 2.04. The van der Waals surface area contributed by atoms with Crippen LogP contribution in [0.4, 0.5) is 0 Å². The molecule has 0 aromatic heterocycles. The number of ether oxygens (including phenoxy) is 1. The summed E-state index contributed by atoms with van der Waals surface area (Å²) in [6, 6.07) is 0. The predicted molar refractivity (Wildman–Crippen MR) is 68.5 cm³/mol. The van der Waals surface area contributed by atoms with Gasteiger partial charge in [0, 0.05) is 11.5 Å². The van der Waals surface area contributed by atoms with E-state index in [1.165, 1.54) is 5.92 Å². The van der Waals surface area contributed by atoms with E-state index in [1.54, 1.807) is 0 Å². The fourth-order valence-corrected chi connectivity index (χ4v) is 4.17. The summed E-state index contributed by atoms with van der Waals surface area (Å²) in [5.41, 5.74) is 2.19. The molecular weight excluding hydrogens is 228 g/mol. The normalized spacial score (nSPS) is 42.8. The van der Waals surface area contributed by atoms with Gasteiger partial charge in [0.2, 0.25) is 0 Å². The number of hydrogen-bond acceptors (Lipinski definition) is 3. The fraction of sp³-hybridized carbons (Fsp3) is 0.800. The van der Waals surface area contributed by atoms with E-state index in [-0.39, 0.29) is 0 Å². The third kappa shape index (κ3) is 1.80. The van der Waals surface area contributed by atoms with Gasteiger partial charge in [0.25, 0.3) is 0 Å². The summed E-state index contributed by atoms with van der Waals surface area (Å²) in [5.74, 6) is 2.20. The van der Waals surface area contributed by atoms with Crippen molar-refractivity contribution >= 4 is 0 Å². The SMILES string of the molecule is C[C+]1CC2=C(CO[C@@H]2O)[C@@H](O)[C@@H]2CC(C)(C)C[C@H]12. The molecule has 0 aromatic carbocycles. The lowest BCUT2D eigenvalue weighted by atomic mass is 9.81. The van der Waals surface area contributed by atoms with E-state index in [2.05, 4.69) is 20.8 Å². The average molecular weight is 251 g/mol. The first-order valence-electron chi connectivity index (χ1n) is 6.91. The highest BCUT2D eigenvalue weighted by Crippen LogP contribution is 2.54. The Morgan fingerprint density at radius 3 is 2.67 bits per heavy atom. The molecule has 18 heavy (non-hydrogen) atoms. The first kappa shape index (κ1) is 12.5. The lowest BCUT2D eigenvalue weighted by molar-refractivity contribution is -0.0503. The minimum atomic E-state index is -0.795. The number of rotatable bonds is 0. The van der Waals surface area contributed by atoms with E-state index in [4.69, 9.17) is 4.74 Å². The van der Waals surface area contributed by atoms with Crippen molar-refractivity contribution in [2.24, 2.45) is 17.3 Å². The van der Waals surface area contributed by atoms with Gasteiger partial charge in [-0.15, -0.1) is 0 Å². The molecule has 0 aromatic rings. The molecule has 0 spiro atoms. The molecule has 1 saturated carbocycles. The van der Waals surface area contributed by atoms with Crippen LogP contribution in [0.2, 0.25) is 0 Å². The second kappa shape index (κ2) is 3.99. The van der Waals surface area contributed by atoms with Gasteiger partial charge in [-0.25, -0.2) is 0 Å². The molecule has 4 atom stereocenters. The second-order valence-electron chi connectivity index (χ2n) is 7.02. The lowest BCUT2D eigenvalue weighted by Crippen LogP contribution is -2.27. The Balaban J connectivity index is 1.95. The molecule has 1 fully saturated rings. The molecule has 100 valence electrons. The van der Waals surface area contributed by atoms with Crippen LogP contribution in [0.5, 0.6) is 0 Å². The Kier molecular flexibility index (Phi) is 2.78. The molecule has 1 aliphatic heterocycles. The van der Waals surface area contributed by atoms with Crippen LogP contribution in [-0.2, 0) is 4.74 Å². The molecule has 1 heterocycles. The van der Waals surface area contributed by atoms with Crippen LogP contribution >= 0.6 is 0 Å². The third-order valence-corrected chi connectivity index (χ3v) is 5.05. The fourth-order valence-electron chi connectivity index (χ4n) is 4.17. The molecule has 3 aliphatic rings. The molecule has 0 radical (unpaired) electrons. The molecule has 2 N–H and O–H groups in total. The highest BCUT2D eigenvalue weighted by atomic mass is 16.6. The molecule has 2 aliphatic carbocycles. The van der Waals surface area contributed by atoms with Crippen molar-refractivity contribution in [1.29, 1.82) is 0 Å². The van der Waals surface area contributed by atoms with Crippen molar-refractivity contribution in [3.63, 3.8) is 0 Å². The van der Waals surface area contributed by atoms with Crippen LogP contribution in [0.3, 0.4) is 0 Å². The van der Waals surface area contributed by atoms with E-state index in [0.29, 0.717) is 23.9 Å². The largest absolute Gasteiger partial charge is 0.388 e. The van der Waals surface area contributed by atoms with Crippen molar-refractivity contribution in [3.05, 3.63) is 17.1 Å².